The van der Waals surface area contributed by atoms with Crippen LogP contribution in [0.25, 0.3) is 0 Å². The summed E-state index contributed by atoms with van der Waals surface area (Å²) < 4.78 is 9.89. The molecule has 0 aliphatic carbocycles. The van der Waals surface area contributed by atoms with Crippen molar-refractivity contribution in [1.29, 1.82) is 0 Å². The second kappa shape index (κ2) is 5.59. The van der Waals surface area contributed by atoms with Crippen LogP contribution in [0.4, 0.5) is 0 Å². The molecule has 0 fully saturated rings. The summed E-state index contributed by atoms with van der Waals surface area (Å²) in [5.41, 5.74) is 6.07. The summed E-state index contributed by atoms with van der Waals surface area (Å²) in [4.78, 5) is 11.7. The Morgan fingerprint density at radius 1 is 1.39 bits per heavy atom. The Bertz CT molecular complexity index is 446. The van der Waals surface area contributed by atoms with Crippen LogP contribution in [-0.4, -0.2) is 20.2 Å². The molecular formula is C13H18ClNO3. The van der Waals surface area contributed by atoms with E-state index in [0.717, 1.165) is 5.56 Å². The molecule has 0 saturated carbocycles. The lowest BCUT2D eigenvalue weighted by atomic mass is 9.81. The topological polar surface area (TPSA) is 61.5 Å². The van der Waals surface area contributed by atoms with Crippen molar-refractivity contribution in [2.45, 2.75) is 19.9 Å². The third-order valence-corrected chi connectivity index (χ3v) is 3.34. The summed E-state index contributed by atoms with van der Waals surface area (Å²) in [7, 11) is 2.88. The first-order chi connectivity index (χ1) is 8.34. The van der Waals surface area contributed by atoms with E-state index in [1.807, 2.05) is 0 Å². The van der Waals surface area contributed by atoms with Gasteiger partial charge in [-0.25, -0.2) is 0 Å². The lowest BCUT2D eigenvalue weighted by Crippen LogP contribution is -2.37. The smallest absolute Gasteiger partial charge is 0.313 e. The number of nitrogens with two attached hydrogens (primary N) is 1. The van der Waals surface area contributed by atoms with Crippen LogP contribution >= 0.6 is 11.6 Å². The summed E-state index contributed by atoms with van der Waals surface area (Å²) >= 11 is 5.95. The van der Waals surface area contributed by atoms with Crippen molar-refractivity contribution in [3.8, 4) is 5.75 Å². The summed E-state index contributed by atoms with van der Waals surface area (Å²) in [6.07, 6.45) is 0. The number of carbonyl (C=O) groups is 1. The largest absolute Gasteiger partial charge is 0.495 e. The van der Waals surface area contributed by atoms with E-state index in [-0.39, 0.29) is 5.97 Å². The molecule has 18 heavy (non-hydrogen) atoms. The first kappa shape index (κ1) is 14.8. The molecule has 1 atom stereocenters. The van der Waals surface area contributed by atoms with E-state index in [0.29, 0.717) is 10.8 Å². The molecular weight excluding hydrogens is 254 g/mol. The summed E-state index contributed by atoms with van der Waals surface area (Å²) in [5.74, 6) is 0.175. The molecule has 100 valence electrons. The fourth-order valence-electron chi connectivity index (χ4n) is 1.68. The first-order valence-electron chi connectivity index (χ1n) is 5.52. The van der Waals surface area contributed by atoms with Gasteiger partial charge in [-0.1, -0.05) is 17.7 Å². The molecule has 0 radical (unpaired) electrons. The molecule has 0 aromatic heterocycles. The van der Waals surface area contributed by atoms with Crippen LogP contribution in [0.1, 0.15) is 25.5 Å². The molecule has 4 nitrogen and oxygen atoms in total. The quantitative estimate of drug-likeness (QED) is 0.855. The van der Waals surface area contributed by atoms with Gasteiger partial charge in [-0.2, -0.15) is 0 Å². The van der Waals surface area contributed by atoms with Crippen molar-refractivity contribution >= 4 is 17.6 Å². The highest BCUT2D eigenvalue weighted by atomic mass is 35.5. The molecule has 0 amide bonds. The Hall–Kier alpha value is -1.26. The van der Waals surface area contributed by atoms with Crippen LogP contribution in [0.3, 0.4) is 0 Å². The lowest BCUT2D eigenvalue weighted by Gasteiger charge is -2.29. The van der Waals surface area contributed by atoms with Crippen molar-refractivity contribution < 1.29 is 14.3 Å². The van der Waals surface area contributed by atoms with Crippen LogP contribution in [0.15, 0.2) is 18.2 Å². The molecule has 0 bridgehead atoms. The molecule has 1 aromatic rings. The minimum atomic E-state index is -0.826. The van der Waals surface area contributed by atoms with Crippen molar-refractivity contribution in [3.05, 3.63) is 28.8 Å². The second-order valence-corrected chi connectivity index (χ2v) is 4.99. The fraction of sp³-hybridized carbons (Fsp3) is 0.462. The van der Waals surface area contributed by atoms with Gasteiger partial charge in [-0.15, -0.1) is 0 Å². The number of benzene rings is 1. The summed E-state index contributed by atoms with van der Waals surface area (Å²) in [6, 6.07) is 4.71. The van der Waals surface area contributed by atoms with Gasteiger partial charge in [0.2, 0.25) is 0 Å². The van der Waals surface area contributed by atoms with Crippen LogP contribution in [0, 0.1) is 5.41 Å². The number of hydrogen-bond acceptors (Lipinski definition) is 4. The van der Waals surface area contributed by atoms with E-state index in [2.05, 4.69) is 0 Å². The minimum Gasteiger partial charge on any atom is -0.495 e. The number of rotatable bonds is 4. The van der Waals surface area contributed by atoms with Gasteiger partial charge < -0.3 is 15.2 Å². The lowest BCUT2D eigenvalue weighted by molar-refractivity contribution is -0.152. The second-order valence-electron chi connectivity index (χ2n) is 4.58. The molecule has 0 unspecified atom stereocenters. The van der Waals surface area contributed by atoms with Crippen LogP contribution in [0.2, 0.25) is 5.02 Å². The van der Waals surface area contributed by atoms with Crippen molar-refractivity contribution in [3.63, 3.8) is 0 Å². The Labute approximate surface area is 112 Å². The molecule has 0 aliphatic rings. The van der Waals surface area contributed by atoms with Crippen molar-refractivity contribution in [2.75, 3.05) is 14.2 Å². The maximum atomic E-state index is 11.7. The molecule has 0 spiro atoms. The summed E-state index contributed by atoms with van der Waals surface area (Å²) in [5, 5.41) is 0.504. The Balaban J connectivity index is 3.10. The van der Waals surface area contributed by atoms with E-state index in [1.54, 1.807) is 32.0 Å². The SMILES string of the molecule is COC(=O)C(C)(C)[C@@H](N)c1ccc(Cl)c(OC)c1. The monoisotopic (exact) mass is 271 g/mol. The van der Waals surface area contributed by atoms with Crippen LogP contribution < -0.4 is 10.5 Å². The average molecular weight is 272 g/mol. The van der Waals surface area contributed by atoms with Crippen LogP contribution in [-0.2, 0) is 9.53 Å². The van der Waals surface area contributed by atoms with Gasteiger partial charge in [-0.05, 0) is 31.5 Å². The zero-order chi connectivity index (χ0) is 13.9. The molecule has 1 aromatic carbocycles. The zero-order valence-corrected chi connectivity index (χ0v) is 11.7. The van der Waals surface area contributed by atoms with Crippen molar-refractivity contribution in [1.82, 2.24) is 0 Å². The molecule has 0 saturated heterocycles. The Morgan fingerprint density at radius 2 is 2.00 bits per heavy atom. The Morgan fingerprint density at radius 3 is 2.50 bits per heavy atom. The van der Waals surface area contributed by atoms with Crippen molar-refractivity contribution in [2.24, 2.45) is 11.1 Å². The van der Waals surface area contributed by atoms with Gasteiger partial charge in [0.15, 0.2) is 0 Å². The normalized spacial score (nSPS) is 13.0. The zero-order valence-electron chi connectivity index (χ0n) is 11.0. The molecule has 1 rings (SSSR count). The van der Waals surface area contributed by atoms with E-state index in [9.17, 15) is 4.79 Å². The molecule has 0 heterocycles. The Kier molecular flexibility index (Phi) is 4.59. The van der Waals surface area contributed by atoms with E-state index in [1.165, 1.54) is 14.2 Å². The third-order valence-electron chi connectivity index (χ3n) is 3.02. The predicted molar refractivity (Wildman–Crippen MR) is 70.7 cm³/mol. The van der Waals surface area contributed by atoms with E-state index < -0.39 is 11.5 Å². The predicted octanol–water partition coefficient (Wildman–Crippen LogP) is 2.55. The molecule has 2 N–H and O–H groups in total. The van der Waals surface area contributed by atoms with E-state index in [4.69, 9.17) is 26.8 Å². The molecule has 5 heteroatoms. The molecule has 0 aliphatic heterocycles. The maximum absolute atomic E-state index is 11.7. The number of ether oxygens (including phenoxy) is 2. The van der Waals surface area contributed by atoms with Crippen LogP contribution in [0.5, 0.6) is 5.75 Å². The minimum absolute atomic E-state index is 0.357. The number of halogens is 1. The van der Waals surface area contributed by atoms with E-state index >= 15 is 0 Å². The summed E-state index contributed by atoms with van der Waals surface area (Å²) in [6.45, 7) is 3.48. The highest BCUT2D eigenvalue weighted by molar-refractivity contribution is 6.32. The average Bonchev–Trinajstić information content (AvgIpc) is 2.37. The number of esters is 1. The third kappa shape index (κ3) is 2.76. The fourth-order valence-corrected chi connectivity index (χ4v) is 1.87. The van der Waals surface area contributed by atoms with Gasteiger partial charge in [0.25, 0.3) is 0 Å². The number of carbonyl (C=O) groups excluding carboxylic acids is 1. The van der Waals surface area contributed by atoms with Gasteiger partial charge >= 0.3 is 5.97 Å². The van der Waals surface area contributed by atoms with Gasteiger partial charge in [0.05, 0.1) is 24.7 Å². The van der Waals surface area contributed by atoms with Gasteiger partial charge in [-0.3, -0.25) is 4.79 Å². The van der Waals surface area contributed by atoms with Gasteiger partial charge in [0.1, 0.15) is 5.75 Å². The maximum Gasteiger partial charge on any atom is 0.313 e. The van der Waals surface area contributed by atoms with Gasteiger partial charge in [0, 0.05) is 6.04 Å². The standard InChI is InChI=1S/C13H18ClNO3/c1-13(2,12(16)18-4)11(15)8-5-6-9(14)10(7-8)17-3/h5-7,11H,15H2,1-4H3/t11-/m0/s1. The highest BCUT2D eigenvalue weighted by Gasteiger charge is 2.36. The highest BCUT2D eigenvalue weighted by Crippen LogP contribution is 2.35. The number of methoxy groups -OCH3 is 2. The first-order valence-corrected chi connectivity index (χ1v) is 5.89. The number of hydrogen-bond donors (Lipinski definition) is 1.